The average molecular weight is 309 g/mol. The smallest absolute Gasteiger partial charge is 0.411 e. The van der Waals surface area contributed by atoms with E-state index in [1.165, 1.54) is 13.2 Å². The Balaban J connectivity index is 2.98. The lowest BCUT2D eigenvalue weighted by Crippen LogP contribution is -2.12. The second-order valence-corrected chi connectivity index (χ2v) is 3.86. The summed E-state index contributed by atoms with van der Waals surface area (Å²) in [5.74, 6) is -0.350. The van der Waals surface area contributed by atoms with Crippen LogP contribution in [0.2, 0.25) is 0 Å². The van der Waals surface area contributed by atoms with E-state index < -0.39 is 6.09 Å². The number of aryl methyl sites for hydroxylation is 1. The molecule has 0 aliphatic heterocycles. The molecule has 0 radical (unpaired) electrons. The Hall–Kier alpha value is -0.850. The van der Waals surface area contributed by atoms with E-state index in [9.17, 15) is 9.18 Å². The van der Waals surface area contributed by atoms with Gasteiger partial charge in [0.2, 0.25) is 0 Å². The zero-order valence-corrected chi connectivity index (χ0v) is 9.88. The van der Waals surface area contributed by atoms with Gasteiger partial charge in [0.25, 0.3) is 0 Å². The molecule has 1 aromatic rings. The summed E-state index contributed by atoms with van der Waals surface area (Å²) in [6.07, 6.45) is -0.605. The van der Waals surface area contributed by atoms with Gasteiger partial charge in [-0.2, -0.15) is 0 Å². The molecule has 3 nitrogen and oxygen atoms in total. The maximum Gasteiger partial charge on any atom is 0.411 e. The van der Waals surface area contributed by atoms with Crippen molar-refractivity contribution >= 4 is 34.4 Å². The lowest BCUT2D eigenvalue weighted by atomic mass is 10.2. The minimum Gasteiger partial charge on any atom is -0.453 e. The molecule has 0 saturated carbocycles. The van der Waals surface area contributed by atoms with Gasteiger partial charge in [-0.15, -0.1) is 0 Å². The zero-order chi connectivity index (χ0) is 10.7. The average Bonchev–Trinajstić information content (AvgIpc) is 2.14. The van der Waals surface area contributed by atoms with Gasteiger partial charge < -0.3 is 4.74 Å². The van der Waals surface area contributed by atoms with E-state index in [4.69, 9.17) is 0 Å². The molecule has 5 heteroatoms. The molecule has 1 aromatic carbocycles. The van der Waals surface area contributed by atoms with Gasteiger partial charge >= 0.3 is 6.09 Å². The van der Waals surface area contributed by atoms with Crippen LogP contribution in [0.1, 0.15) is 5.56 Å². The Morgan fingerprint density at radius 2 is 2.21 bits per heavy atom. The van der Waals surface area contributed by atoms with Crippen LogP contribution in [0.4, 0.5) is 14.9 Å². The maximum absolute atomic E-state index is 13.1. The summed E-state index contributed by atoms with van der Waals surface area (Å²) in [6.45, 7) is 1.67. The van der Waals surface area contributed by atoms with Crippen LogP contribution in [0.15, 0.2) is 12.1 Å². The fraction of sp³-hybridized carbons (Fsp3) is 0.222. The molecule has 14 heavy (non-hydrogen) atoms. The predicted molar refractivity (Wildman–Crippen MR) is 59.9 cm³/mol. The zero-order valence-electron chi connectivity index (χ0n) is 7.73. The minimum atomic E-state index is -0.605. The molecule has 1 rings (SSSR count). The summed E-state index contributed by atoms with van der Waals surface area (Å²) in [6, 6.07) is 2.93. The first-order valence-corrected chi connectivity index (χ1v) is 4.93. The van der Waals surface area contributed by atoms with Crippen LogP contribution in [-0.2, 0) is 4.74 Å². The third kappa shape index (κ3) is 2.57. The highest BCUT2D eigenvalue weighted by molar-refractivity contribution is 14.1. The van der Waals surface area contributed by atoms with Crippen molar-refractivity contribution in [2.45, 2.75) is 6.92 Å². The Labute approximate surface area is 94.8 Å². The van der Waals surface area contributed by atoms with Gasteiger partial charge in [-0.3, -0.25) is 5.32 Å². The molecule has 0 bridgehead atoms. The largest absolute Gasteiger partial charge is 0.453 e. The normalized spacial score (nSPS) is 9.71. The Bertz CT molecular complexity index is 368. The summed E-state index contributed by atoms with van der Waals surface area (Å²) in [5.41, 5.74) is 0.963. The lowest BCUT2D eigenvalue weighted by molar-refractivity contribution is 0.187. The SMILES string of the molecule is COC(=O)Nc1cc(F)c(C)cc1I. The van der Waals surface area contributed by atoms with Crippen LogP contribution >= 0.6 is 22.6 Å². The molecular formula is C9H9FINO2. The van der Waals surface area contributed by atoms with Crippen molar-refractivity contribution in [3.8, 4) is 0 Å². The van der Waals surface area contributed by atoms with Crippen LogP contribution in [0, 0.1) is 16.3 Å². The van der Waals surface area contributed by atoms with Gasteiger partial charge in [0.1, 0.15) is 5.82 Å². The number of amides is 1. The molecule has 0 spiro atoms. The van der Waals surface area contributed by atoms with E-state index >= 15 is 0 Å². The van der Waals surface area contributed by atoms with Crippen LogP contribution < -0.4 is 5.32 Å². The number of carbonyl (C=O) groups excluding carboxylic acids is 1. The molecule has 0 aromatic heterocycles. The second kappa shape index (κ2) is 4.59. The van der Waals surface area contributed by atoms with Crippen molar-refractivity contribution in [2.75, 3.05) is 12.4 Å². The number of hydrogen-bond acceptors (Lipinski definition) is 2. The molecule has 0 unspecified atom stereocenters. The highest BCUT2D eigenvalue weighted by Crippen LogP contribution is 2.22. The Morgan fingerprint density at radius 3 is 2.79 bits per heavy atom. The summed E-state index contributed by atoms with van der Waals surface area (Å²) >= 11 is 2.02. The van der Waals surface area contributed by atoms with E-state index in [1.54, 1.807) is 13.0 Å². The van der Waals surface area contributed by atoms with E-state index in [0.717, 1.165) is 3.57 Å². The fourth-order valence-electron chi connectivity index (χ4n) is 0.903. The van der Waals surface area contributed by atoms with Gasteiger partial charge in [-0.05, 0) is 47.2 Å². The molecule has 0 heterocycles. The van der Waals surface area contributed by atoms with Crippen molar-refractivity contribution in [3.63, 3.8) is 0 Å². The summed E-state index contributed by atoms with van der Waals surface area (Å²) < 4.78 is 18.3. The predicted octanol–water partition coefficient (Wildman–Crippen LogP) is 2.92. The molecule has 0 aliphatic carbocycles. The highest BCUT2D eigenvalue weighted by Gasteiger charge is 2.08. The number of nitrogens with one attached hydrogen (secondary N) is 1. The Morgan fingerprint density at radius 1 is 1.57 bits per heavy atom. The van der Waals surface area contributed by atoms with Crippen molar-refractivity contribution in [1.29, 1.82) is 0 Å². The third-order valence-corrected chi connectivity index (χ3v) is 2.56. The van der Waals surface area contributed by atoms with Gasteiger partial charge in [-0.25, -0.2) is 9.18 Å². The molecule has 1 N–H and O–H groups in total. The number of rotatable bonds is 1. The molecule has 76 valence electrons. The van der Waals surface area contributed by atoms with E-state index in [1.807, 2.05) is 22.6 Å². The summed E-state index contributed by atoms with van der Waals surface area (Å²) in [4.78, 5) is 10.9. The molecule has 0 atom stereocenters. The van der Waals surface area contributed by atoms with Crippen molar-refractivity contribution < 1.29 is 13.9 Å². The number of hydrogen-bond donors (Lipinski definition) is 1. The quantitative estimate of drug-likeness (QED) is 0.810. The fourth-order valence-corrected chi connectivity index (χ4v) is 1.66. The topological polar surface area (TPSA) is 38.3 Å². The van der Waals surface area contributed by atoms with Crippen molar-refractivity contribution in [2.24, 2.45) is 0 Å². The molecule has 0 aliphatic rings. The van der Waals surface area contributed by atoms with Crippen molar-refractivity contribution in [3.05, 3.63) is 27.1 Å². The molecule has 0 saturated heterocycles. The van der Waals surface area contributed by atoms with Gasteiger partial charge in [0.05, 0.1) is 12.8 Å². The minimum absolute atomic E-state index is 0.350. The third-order valence-electron chi connectivity index (χ3n) is 1.67. The van der Waals surface area contributed by atoms with E-state index in [0.29, 0.717) is 11.3 Å². The van der Waals surface area contributed by atoms with Crippen LogP contribution in [-0.4, -0.2) is 13.2 Å². The van der Waals surface area contributed by atoms with Crippen LogP contribution in [0.5, 0.6) is 0 Å². The number of carbonyl (C=O) groups is 1. The van der Waals surface area contributed by atoms with Gasteiger partial charge in [0, 0.05) is 3.57 Å². The van der Waals surface area contributed by atoms with Gasteiger partial charge in [-0.1, -0.05) is 0 Å². The van der Waals surface area contributed by atoms with E-state index in [-0.39, 0.29) is 5.82 Å². The van der Waals surface area contributed by atoms with E-state index in [2.05, 4.69) is 10.1 Å². The summed E-state index contributed by atoms with van der Waals surface area (Å²) in [7, 11) is 1.26. The molecular weight excluding hydrogens is 300 g/mol. The Kier molecular flexibility index (Phi) is 3.68. The van der Waals surface area contributed by atoms with Crippen LogP contribution in [0.25, 0.3) is 0 Å². The number of benzene rings is 1. The first-order chi connectivity index (χ1) is 6.54. The van der Waals surface area contributed by atoms with Gasteiger partial charge in [0.15, 0.2) is 0 Å². The van der Waals surface area contributed by atoms with Crippen LogP contribution in [0.3, 0.4) is 0 Å². The van der Waals surface area contributed by atoms with Crippen molar-refractivity contribution in [1.82, 2.24) is 0 Å². The number of halogens is 2. The maximum atomic E-state index is 13.1. The first-order valence-electron chi connectivity index (χ1n) is 3.85. The molecule has 1 amide bonds. The number of ether oxygens (including phenoxy) is 1. The first kappa shape index (κ1) is 11.2. The highest BCUT2D eigenvalue weighted by atomic mass is 127. The monoisotopic (exact) mass is 309 g/mol. The summed E-state index contributed by atoms with van der Waals surface area (Å²) in [5, 5.41) is 2.42. The number of anilines is 1. The standard InChI is InChI=1S/C9H9FINO2/c1-5-3-7(11)8(4-6(5)10)12-9(13)14-2/h3-4H,1-2H3,(H,12,13). The molecule has 0 fully saturated rings. The second-order valence-electron chi connectivity index (χ2n) is 2.70. The lowest BCUT2D eigenvalue weighted by Gasteiger charge is -2.07. The number of methoxy groups -OCH3 is 1.